The molecule has 3 aromatic rings. The molecule has 0 aliphatic rings. The minimum Gasteiger partial charge on any atom is -0.496 e. The van der Waals surface area contributed by atoms with Crippen molar-refractivity contribution in [3.63, 3.8) is 0 Å². The number of carboxylic acids is 1. The van der Waals surface area contributed by atoms with Crippen LogP contribution in [0.1, 0.15) is 16.1 Å². The highest BCUT2D eigenvalue weighted by molar-refractivity contribution is 5.87. The number of aromatic nitrogens is 2. The van der Waals surface area contributed by atoms with Gasteiger partial charge in [-0.2, -0.15) is 5.10 Å². The van der Waals surface area contributed by atoms with Crippen molar-refractivity contribution in [3.8, 4) is 22.7 Å². The van der Waals surface area contributed by atoms with Gasteiger partial charge in [0.1, 0.15) is 11.6 Å². The number of carbonyl (C=O) groups is 1. The van der Waals surface area contributed by atoms with Gasteiger partial charge in [0, 0.05) is 5.56 Å². The Morgan fingerprint density at radius 1 is 1.17 bits per heavy atom. The van der Waals surface area contributed by atoms with Crippen LogP contribution in [-0.2, 0) is 0 Å². The summed E-state index contributed by atoms with van der Waals surface area (Å²) in [5.41, 5.74) is 2.72. The fourth-order valence-electron chi connectivity index (χ4n) is 2.48. The molecule has 0 aliphatic carbocycles. The van der Waals surface area contributed by atoms with E-state index >= 15 is 0 Å². The van der Waals surface area contributed by atoms with Gasteiger partial charge in [-0.15, -0.1) is 0 Å². The first-order chi connectivity index (χ1) is 11.5. The summed E-state index contributed by atoms with van der Waals surface area (Å²) in [5.74, 6) is -0.913. The standard InChI is InChI=1S/C18H15FN2O3/c1-11-3-8-17(24-2)14(9-11)16-10-15(18(22)23)20-21(16)13-6-4-12(19)5-7-13/h3-10H,1-2H3,(H,22,23). The lowest BCUT2D eigenvalue weighted by Crippen LogP contribution is -2.03. The first kappa shape index (κ1) is 15.7. The summed E-state index contributed by atoms with van der Waals surface area (Å²) < 4.78 is 20.0. The molecular weight excluding hydrogens is 311 g/mol. The van der Waals surface area contributed by atoms with Crippen molar-refractivity contribution in [2.75, 3.05) is 7.11 Å². The summed E-state index contributed by atoms with van der Waals surface area (Å²) in [6.07, 6.45) is 0. The Labute approximate surface area is 137 Å². The van der Waals surface area contributed by atoms with Crippen LogP contribution in [0.2, 0.25) is 0 Å². The van der Waals surface area contributed by atoms with Crippen LogP contribution in [0.4, 0.5) is 4.39 Å². The van der Waals surface area contributed by atoms with Gasteiger partial charge < -0.3 is 9.84 Å². The van der Waals surface area contributed by atoms with Crippen molar-refractivity contribution >= 4 is 5.97 Å². The first-order valence-electron chi connectivity index (χ1n) is 7.24. The molecule has 5 nitrogen and oxygen atoms in total. The molecule has 0 unspecified atom stereocenters. The summed E-state index contributed by atoms with van der Waals surface area (Å²) in [5, 5.41) is 13.4. The van der Waals surface area contributed by atoms with E-state index in [1.165, 1.54) is 22.9 Å². The molecule has 0 spiro atoms. The second-order valence-electron chi connectivity index (χ2n) is 5.31. The zero-order valence-corrected chi connectivity index (χ0v) is 13.2. The first-order valence-corrected chi connectivity index (χ1v) is 7.24. The highest BCUT2D eigenvalue weighted by atomic mass is 19.1. The molecule has 0 saturated carbocycles. The van der Waals surface area contributed by atoms with Crippen molar-refractivity contribution in [1.29, 1.82) is 0 Å². The number of aryl methyl sites for hydroxylation is 1. The van der Waals surface area contributed by atoms with Crippen molar-refractivity contribution < 1.29 is 19.0 Å². The van der Waals surface area contributed by atoms with Crippen LogP contribution in [0.5, 0.6) is 5.75 Å². The Hall–Kier alpha value is -3.15. The number of ether oxygens (including phenoxy) is 1. The SMILES string of the molecule is COc1ccc(C)cc1-c1cc(C(=O)O)nn1-c1ccc(F)cc1. The Balaban J connectivity index is 2.25. The van der Waals surface area contributed by atoms with Gasteiger partial charge in [-0.25, -0.2) is 13.9 Å². The third-order valence-electron chi connectivity index (χ3n) is 3.63. The quantitative estimate of drug-likeness (QED) is 0.794. The van der Waals surface area contributed by atoms with E-state index in [0.717, 1.165) is 5.56 Å². The number of benzene rings is 2. The van der Waals surface area contributed by atoms with E-state index in [2.05, 4.69) is 5.10 Å². The Morgan fingerprint density at radius 2 is 1.88 bits per heavy atom. The van der Waals surface area contributed by atoms with E-state index < -0.39 is 5.97 Å². The number of rotatable bonds is 4. The average Bonchev–Trinajstić information content (AvgIpc) is 3.01. The highest BCUT2D eigenvalue weighted by Gasteiger charge is 2.18. The van der Waals surface area contributed by atoms with Gasteiger partial charge in [0.05, 0.1) is 18.5 Å². The molecule has 0 atom stereocenters. The van der Waals surface area contributed by atoms with Crippen molar-refractivity contribution in [3.05, 3.63) is 65.6 Å². The van der Waals surface area contributed by atoms with Crippen LogP contribution in [0.3, 0.4) is 0 Å². The molecule has 3 rings (SSSR count). The molecule has 1 N–H and O–H groups in total. The molecular formula is C18H15FN2O3. The smallest absolute Gasteiger partial charge is 0.356 e. The number of aromatic carboxylic acids is 1. The molecule has 24 heavy (non-hydrogen) atoms. The van der Waals surface area contributed by atoms with Gasteiger partial charge in [-0.05, 0) is 49.4 Å². The fraction of sp³-hybridized carbons (Fsp3) is 0.111. The monoisotopic (exact) mass is 326 g/mol. The molecule has 6 heteroatoms. The van der Waals surface area contributed by atoms with Crippen LogP contribution in [0, 0.1) is 12.7 Å². The lowest BCUT2D eigenvalue weighted by molar-refractivity contribution is 0.0690. The van der Waals surface area contributed by atoms with E-state index in [-0.39, 0.29) is 11.5 Å². The zero-order chi connectivity index (χ0) is 17.3. The molecule has 122 valence electrons. The van der Waals surface area contributed by atoms with E-state index in [0.29, 0.717) is 22.7 Å². The minimum atomic E-state index is -1.14. The maximum Gasteiger partial charge on any atom is 0.356 e. The number of hydrogen-bond acceptors (Lipinski definition) is 3. The van der Waals surface area contributed by atoms with Crippen LogP contribution in [-0.4, -0.2) is 28.0 Å². The molecule has 0 bridgehead atoms. The van der Waals surface area contributed by atoms with E-state index in [9.17, 15) is 14.3 Å². The fourth-order valence-corrected chi connectivity index (χ4v) is 2.48. The summed E-state index contributed by atoms with van der Waals surface area (Å²) in [7, 11) is 1.55. The largest absolute Gasteiger partial charge is 0.496 e. The third-order valence-corrected chi connectivity index (χ3v) is 3.63. The van der Waals surface area contributed by atoms with Gasteiger partial charge in [-0.1, -0.05) is 11.6 Å². The molecule has 0 radical (unpaired) electrons. The summed E-state index contributed by atoms with van der Waals surface area (Å²) >= 11 is 0. The van der Waals surface area contributed by atoms with Gasteiger partial charge >= 0.3 is 5.97 Å². The Bertz CT molecular complexity index is 901. The molecule has 0 fully saturated rings. The van der Waals surface area contributed by atoms with Crippen LogP contribution >= 0.6 is 0 Å². The van der Waals surface area contributed by atoms with Gasteiger partial charge in [0.15, 0.2) is 5.69 Å². The number of hydrogen-bond donors (Lipinski definition) is 1. The van der Waals surface area contributed by atoms with Crippen LogP contribution < -0.4 is 4.74 Å². The van der Waals surface area contributed by atoms with Crippen LogP contribution in [0.15, 0.2) is 48.5 Å². The molecule has 0 saturated heterocycles. The maximum absolute atomic E-state index is 13.2. The summed E-state index contributed by atoms with van der Waals surface area (Å²) in [6.45, 7) is 1.93. The molecule has 2 aromatic carbocycles. The maximum atomic E-state index is 13.2. The topological polar surface area (TPSA) is 64.3 Å². The van der Waals surface area contributed by atoms with Crippen molar-refractivity contribution in [1.82, 2.24) is 9.78 Å². The van der Waals surface area contributed by atoms with Gasteiger partial charge in [0.2, 0.25) is 0 Å². The highest BCUT2D eigenvalue weighted by Crippen LogP contribution is 2.33. The zero-order valence-electron chi connectivity index (χ0n) is 13.2. The Kier molecular flexibility index (Phi) is 4.04. The van der Waals surface area contributed by atoms with E-state index in [1.807, 2.05) is 25.1 Å². The molecule has 1 heterocycles. The van der Waals surface area contributed by atoms with E-state index in [4.69, 9.17) is 4.74 Å². The number of nitrogens with zero attached hydrogens (tertiary/aromatic N) is 2. The normalized spacial score (nSPS) is 10.6. The molecule has 1 aromatic heterocycles. The van der Waals surface area contributed by atoms with Crippen molar-refractivity contribution in [2.24, 2.45) is 0 Å². The molecule has 0 aliphatic heterocycles. The van der Waals surface area contributed by atoms with Crippen LogP contribution in [0.25, 0.3) is 16.9 Å². The van der Waals surface area contributed by atoms with E-state index in [1.54, 1.807) is 19.2 Å². The lowest BCUT2D eigenvalue weighted by atomic mass is 10.1. The summed E-state index contributed by atoms with van der Waals surface area (Å²) in [6, 6.07) is 12.8. The Morgan fingerprint density at radius 3 is 2.50 bits per heavy atom. The second kappa shape index (κ2) is 6.16. The van der Waals surface area contributed by atoms with Gasteiger partial charge in [0.25, 0.3) is 0 Å². The van der Waals surface area contributed by atoms with Gasteiger partial charge in [-0.3, -0.25) is 0 Å². The molecule has 0 amide bonds. The predicted octanol–water partition coefficient (Wildman–Crippen LogP) is 3.69. The lowest BCUT2D eigenvalue weighted by Gasteiger charge is -2.12. The number of halogens is 1. The predicted molar refractivity (Wildman–Crippen MR) is 87.2 cm³/mol. The summed E-state index contributed by atoms with van der Waals surface area (Å²) in [4.78, 5) is 11.3. The van der Waals surface area contributed by atoms with Crippen molar-refractivity contribution in [2.45, 2.75) is 6.92 Å². The number of methoxy groups -OCH3 is 1. The third kappa shape index (κ3) is 2.86. The minimum absolute atomic E-state index is 0.0992. The number of carboxylic acid groups (broad SMARTS) is 1. The second-order valence-corrected chi connectivity index (χ2v) is 5.31. The average molecular weight is 326 g/mol.